The highest BCUT2D eigenvalue weighted by molar-refractivity contribution is 7.97. The predicted molar refractivity (Wildman–Crippen MR) is 168 cm³/mol. The van der Waals surface area contributed by atoms with Crippen LogP contribution in [0.2, 0.25) is 0 Å². The second-order valence-corrected chi connectivity index (χ2v) is 16.2. The molecule has 3 aromatic rings. The number of rotatable bonds is 9. The van der Waals surface area contributed by atoms with Gasteiger partial charge in [0.15, 0.2) is 24.8 Å². The first-order valence-corrected chi connectivity index (χ1v) is 17.7. The number of hydrogen-bond donors (Lipinski definition) is 0. The van der Waals surface area contributed by atoms with Crippen molar-refractivity contribution in [3.8, 4) is 0 Å². The molecule has 3 aromatic carbocycles. The van der Waals surface area contributed by atoms with Crippen LogP contribution in [0.4, 0.5) is 13.2 Å². The molecule has 2 unspecified atom stereocenters. The van der Waals surface area contributed by atoms with E-state index in [1.54, 1.807) is 0 Å². The SMILES string of the molecule is C=C(C)C(=O)OC12CC3CC(CC(COC(=O)C(F)(F)S(=O)(=O)[O-])(C3)C1)C2.Fc1ccc([S+](c2ccccc2)c2ccccc2)cc1. The topological polar surface area (TPSA) is 110 Å². The van der Waals surface area contributed by atoms with Crippen LogP contribution < -0.4 is 0 Å². The van der Waals surface area contributed by atoms with Crippen LogP contribution in [0.5, 0.6) is 0 Å². The van der Waals surface area contributed by atoms with E-state index in [4.69, 9.17) is 4.74 Å². The highest BCUT2D eigenvalue weighted by Gasteiger charge is 2.60. The van der Waals surface area contributed by atoms with Crippen LogP contribution in [0.15, 0.2) is 112 Å². The number of hydrogen-bond acceptors (Lipinski definition) is 7. The van der Waals surface area contributed by atoms with E-state index in [9.17, 15) is 35.7 Å². The zero-order chi connectivity index (χ0) is 34.0. The van der Waals surface area contributed by atoms with Gasteiger partial charge in [0.05, 0.1) is 17.5 Å². The molecular formula is C35H35F3O7S2. The number of carbonyl (C=O) groups is 2. The Bertz CT molecular complexity index is 1660. The fourth-order valence-corrected chi connectivity index (χ4v) is 9.78. The van der Waals surface area contributed by atoms with Gasteiger partial charge in [0.2, 0.25) is 0 Å². The summed E-state index contributed by atoms with van der Waals surface area (Å²) in [5.41, 5.74) is -1.16. The summed E-state index contributed by atoms with van der Waals surface area (Å²) in [5.74, 6) is -2.68. The lowest BCUT2D eigenvalue weighted by molar-refractivity contribution is -0.210. The molecule has 7 nitrogen and oxygen atoms in total. The molecule has 0 radical (unpaired) electrons. The molecule has 4 aliphatic rings. The van der Waals surface area contributed by atoms with E-state index in [2.05, 4.69) is 35.6 Å². The Balaban J connectivity index is 0.000000193. The summed E-state index contributed by atoms with van der Waals surface area (Å²) in [4.78, 5) is 27.1. The zero-order valence-corrected chi connectivity index (χ0v) is 27.3. The lowest BCUT2D eigenvalue weighted by atomic mass is 9.48. The Kier molecular flexibility index (Phi) is 9.96. The number of ether oxygens (including phenoxy) is 2. The molecule has 0 saturated heterocycles. The molecule has 7 rings (SSSR count). The van der Waals surface area contributed by atoms with Gasteiger partial charge in [-0.3, -0.25) is 0 Å². The molecule has 4 saturated carbocycles. The van der Waals surface area contributed by atoms with E-state index < -0.39 is 44.9 Å². The molecule has 0 aliphatic heterocycles. The van der Waals surface area contributed by atoms with Crippen molar-refractivity contribution in [1.29, 1.82) is 0 Å². The highest BCUT2D eigenvalue weighted by Crippen LogP contribution is 2.63. The first-order chi connectivity index (χ1) is 22.1. The van der Waals surface area contributed by atoms with Gasteiger partial charge in [-0.25, -0.2) is 22.4 Å². The Morgan fingerprint density at radius 3 is 1.85 bits per heavy atom. The van der Waals surface area contributed by atoms with Gasteiger partial charge in [0.25, 0.3) is 0 Å². The van der Waals surface area contributed by atoms with Crippen molar-refractivity contribution in [2.24, 2.45) is 17.3 Å². The molecule has 4 fully saturated rings. The fourth-order valence-electron chi connectivity index (χ4n) is 7.43. The average molecular weight is 689 g/mol. The van der Waals surface area contributed by atoms with Crippen molar-refractivity contribution in [2.75, 3.05) is 6.61 Å². The van der Waals surface area contributed by atoms with Crippen molar-refractivity contribution in [2.45, 2.75) is 71.0 Å². The Morgan fingerprint density at radius 1 is 0.894 bits per heavy atom. The maximum absolute atomic E-state index is 13.4. The van der Waals surface area contributed by atoms with Gasteiger partial charge in [-0.15, -0.1) is 0 Å². The van der Waals surface area contributed by atoms with Crippen LogP contribution in [-0.4, -0.2) is 42.4 Å². The van der Waals surface area contributed by atoms with E-state index >= 15 is 0 Å². The van der Waals surface area contributed by atoms with Crippen molar-refractivity contribution in [1.82, 2.24) is 0 Å². The average Bonchev–Trinajstić information content (AvgIpc) is 3.01. The first kappa shape index (κ1) is 34.7. The lowest BCUT2D eigenvalue weighted by Gasteiger charge is -2.60. The summed E-state index contributed by atoms with van der Waals surface area (Å²) >= 11 is 0. The van der Waals surface area contributed by atoms with Crippen molar-refractivity contribution in [3.63, 3.8) is 0 Å². The standard InChI is InChI=1S/C18H14FS.C17H22F2O7S/c19-15-11-13-18(14-12-15)20(16-7-3-1-4-8-16)17-9-5-2-6-10-17;1-10(2)13(20)26-16-6-11-3-12(7-16)5-15(4-11,8-16)9-25-14(21)17(18,19)27(22,23)24/h1-14H;11-12H,1,3-9H2,2H3,(H,22,23,24)/q+1;/p-1. The molecule has 4 bridgehead atoms. The summed E-state index contributed by atoms with van der Waals surface area (Å²) in [5, 5.41) is -5.13. The molecule has 0 amide bonds. The number of halogens is 3. The van der Waals surface area contributed by atoms with E-state index in [0.29, 0.717) is 32.1 Å². The normalized spacial score (nSPS) is 24.6. The van der Waals surface area contributed by atoms with Crippen molar-refractivity contribution < 1.29 is 45.2 Å². The maximum Gasteiger partial charge on any atom is 0.428 e. The summed E-state index contributed by atoms with van der Waals surface area (Å²) in [6.07, 6.45) is 3.80. The molecule has 0 aromatic heterocycles. The molecule has 12 heteroatoms. The van der Waals surface area contributed by atoms with E-state index in [1.165, 1.54) is 28.8 Å². The molecule has 0 spiro atoms. The second kappa shape index (κ2) is 13.5. The Labute approximate surface area is 275 Å². The van der Waals surface area contributed by atoms with Gasteiger partial charge >= 0.3 is 17.2 Å². The molecular weight excluding hydrogens is 654 g/mol. The third-order valence-electron chi connectivity index (χ3n) is 8.85. The monoisotopic (exact) mass is 688 g/mol. The van der Waals surface area contributed by atoms with Crippen LogP contribution >= 0.6 is 0 Å². The summed E-state index contributed by atoms with van der Waals surface area (Å²) in [6, 6.07) is 27.5. The molecule has 0 heterocycles. The summed E-state index contributed by atoms with van der Waals surface area (Å²) in [7, 11) is -6.34. The van der Waals surface area contributed by atoms with Crippen LogP contribution in [0, 0.1) is 23.1 Å². The van der Waals surface area contributed by atoms with E-state index in [-0.39, 0.29) is 34.1 Å². The third kappa shape index (κ3) is 7.76. The smallest absolute Gasteiger partial charge is 0.428 e. The second-order valence-electron chi connectivity index (χ2n) is 12.7. The van der Waals surface area contributed by atoms with Gasteiger partial charge < -0.3 is 14.0 Å². The number of carbonyl (C=O) groups excluding carboxylic acids is 2. The van der Waals surface area contributed by atoms with Crippen LogP contribution in [0.25, 0.3) is 0 Å². The summed E-state index contributed by atoms with van der Waals surface area (Å²) in [6.45, 7) is 4.67. The van der Waals surface area contributed by atoms with Gasteiger partial charge in [0.1, 0.15) is 11.4 Å². The zero-order valence-electron chi connectivity index (χ0n) is 25.7. The van der Waals surface area contributed by atoms with E-state index in [1.807, 2.05) is 48.5 Å². The number of alkyl halides is 2. The quantitative estimate of drug-likeness (QED) is 0.103. The van der Waals surface area contributed by atoms with Gasteiger partial charge in [-0.2, -0.15) is 8.78 Å². The van der Waals surface area contributed by atoms with Crippen LogP contribution in [-0.2, 0) is 40.1 Å². The first-order valence-electron chi connectivity index (χ1n) is 15.1. The minimum Gasteiger partial charge on any atom is -0.743 e. The lowest BCUT2D eigenvalue weighted by Crippen LogP contribution is -2.59. The highest BCUT2D eigenvalue weighted by atomic mass is 32.2. The minimum absolute atomic E-state index is 0.190. The summed E-state index contributed by atoms with van der Waals surface area (Å²) < 4.78 is 81.9. The Hall–Kier alpha value is -3.61. The van der Waals surface area contributed by atoms with Crippen molar-refractivity contribution >= 4 is 33.0 Å². The van der Waals surface area contributed by atoms with Gasteiger partial charge in [0, 0.05) is 11.0 Å². The predicted octanol–water partition coefficient (Wildman–Crippen LogP) is 7.05. The minimum atomic E-state index is -6.15. The van der Waals surface area contributed by atoms with Gasteiger partial charge in [-0.05, 0) is 106 Å². The Morgan fingerprint density at radius 2 is 1.38 bits per heavy atom. The molecule has 47 heavy (non-hydrogen) atoms. The molecule has 2 atom stereocenters. The number of esters is 2. The maximum atomic E-state index is 13.4. The largest absolute Gasteiger partial charge is 0.743 e. The molecule has 250 valence electrons. The third-order valence-corrected chi connectivity index (χ3v) is 11.9. The molecule has 4 aliphatic carbocycles. The number of benzene rings is 3. The fraction of sp³-hybridized carbons (Fsp3) is 0.371. The molecule has 0 N–H and O–H groups in total. The van der Waals surface area contributed by atoms with Crippen molar-refractivity contribution in [3.05, 3.63) is 103 Å². The van der Waals surface area contributed by atoms with Gasteiger partial charge in [-0.1, -0.05) is 43.0 Å². The van der Waals surface area contributed by atoms with E-state index in [0.717, 1.165) is 11.3 Å². The van der Waals surface area contributed by atoms with Crippen LogP contribution in [0.3, 0.4) is 0 Å². The van der Waals surface area contributed by atoms with Crippen LogP contribution in [0.1, 0.15) is 45.4 Å².